The number of carbonyl (C=O) groups is 2. The van der Waals surface area contributed by atoms with Gasteiger partial charge in [0, 0.05) is 5.69 Å². The van der Waals surface area contributed by atoms with Crippen LogP contribution in [0, 0.1) is 12.7 Å². The normalized spacial score (nSPS) is 24.1. The minimum absolute atomic E-state index is 0.230. The number of benzene rings is 1. The number of nitrogens with one attached hydrogen (secondary N) is 1. The van der Waals surface area contributed by atoms with Gasteiger partial charge in [0.05, 0.1) is 0 Å². The summed E-state index contributed by atoms with van der Waals surface area (Å²) in [5, 5.41) is 2.58. The molecule has 0 bridgehead atoms. The van der Waals surface area contributed by atoms with Crippen LogP contribution in [0.25, 0.3) is 0 Å². The minimum Gasteiger partial charge on any atom is -0.343 e. The van der Waals surface area contributed by atoms with Crippen molar-refractivity contribution in [1.82, 2.24) is 5.32 Å². The van der Waals surface area contributed by atoms with Gasteiger partial charge >= 0.3 is 0 Å². The molecule has 2 unspecified atom stereocenters. The van der Waals surface area contributed by atoms with Crippen LogP contribution in [0.3, 0.4) is 0 Å². The van der Waals surface area contributed by atoms with E-state index in [4.69, 9.17) is 0 Å². The van der Waals surface area contributed by atoms with Gasteiger partial charge in [-0.1, -0.05) is 0 Å². The second-order valence-corrected chi connectivity index (χ2v) is 4.60. The number of aryl methyl sites for hydroxylation is 1. The summed E-state index contributed by atoms with van der Waals surface area (Å²) in [5.74, 6) is -0.875. The predicted molar refractivity (Wildman–Crippen MR) is 65.7 cm³/mol. The molecule has 18 heavy (non-hydrogen) atoms. The molecular formula is C13H15FN2O2. The number of amides is 2. The van der Waals surface area contributed by atoms with Crippen LogP contribution in [0.5, 0.6) is 0 Å². The summed E-state index contributed by atoms with van der Waals surface area (Å²) in [6.07, 6.45) is 0. The lowest BCUT2D eigenvalue weighted by Gasteiger charge is -2.36. The van der Waals surface area contributed by atoms with E-state index in [1.807, 2.05) is 0 Å². The van der Waals surface area contributed by atoms with E-state index in [9.17, 15) is 14.0 Å². The van der Waals surface area contributed by atoms with E-state index in [0.717, 1.165) is 0 Å². The first-order chi connectivity index (χ1) is 8.40. The van der Waals surface area contributed by atoms with Gasteiger partial charge in [-0.3, -0.25) is 14.5 Å². The Hall–Kier alpha value is -1.91. The fourth-order valence-electron chi connectivity index (χ4n) is 2.12. The van der Waals surface area contributed by atoms with Crippen molar-refractivity contribution in [3.05, 3.63) is 29.6 Å². The maximum absolute atomic E-state index is 13.4. The molecule has 2 atom stereocenters. The fourth-order valence-corrected chi connectivity index (χ4v) is 2.12. The van der Waals surface area contributed by atoms with Gasteiger partial charge in [-0.25, -0.2) is 4.39 Å². The lowest BCUT2D eigenvalue weighted by Crippen LogP contribution is -2.61. The number of nitrogens with zero attached hydrogens (tertiary/aromatic N) is 1. The van der Waals surface area contributed by atoms with E-state index in [-0.39, 0.29) is 11.8 Å². The largest absolute Gasteiger partial charge is 0.343 e. The maximum atomic E-state index is 13.4. The van der Waals surface area contributed by atoms with Gasteiger partial charge in [0.15, 0.2) is 0 Å². The summed E-state index contributed by atoms with van der Waals surface area (Å²) >= 11 is 0. The van der Waals surface area contributed by atoms with Crippen molar-refractivity contribution in [2.75, 3.05) is 4.90 Å². The Labute approximate surface area is 105 Å². The van der Waals surface area contributed by atoms with Crippen molar-refractivity contribution in [2.24, 2.45) is 0 Å². The van der Waals surface area contributed by atoms with E-state index in [2.05, 4.69) is 5.32 Å². The summed E-state index contributed by atoms with van der Waals surface area (Å²) in [6, 6.07) is 3.13. The third-order valence-electron chi connectivity index (χ3n) is 3.04. The Morgan fingerprint density at radius 2 is 1.89 bits per heavy atom. The third kappa shape index (κ3) is 2.08. The summed E-state index contributed by atoms with van der Waals surface area (Å²) in [6.45, 7) is 4.99. The molecule has 5 heteroatoms. The van der Waals surface area contributed by atoms with Crippen LogP contribution in [-0.2, 0) is 9.59 Å². The van der Waals surface area contributed by atoms with Crippen LogP contribution in [0.2, 0.25) is 0 Å². The summed E-state index contributed by atoms with van der Waals surface area (Å²) in [5.41, 5.74) is 1.13. The molecule has 0 saturated carbocycles. The monoisotopic (exact) mass is 250 g/mol. The molecule has 0 spiro atoms. The highest BCUT2D eigenvalue weighted by molar-refractivity contribution is 6.08. The van der Waals surface area contributed by atoms with E-state index in [0.29, 0.717) is 11.3 Å². The topological polar surface area (TPSA) is 49.4 Å². The summed E-state index contributed by atoms with van der Waals surface area (Å²) in [4.78, 5) is 25.1. The molecule has 2 amide bonds. The SMILES string of the molecule is Cc1cc(F)cc(N2C(=O)C(C)NC(=O)C2C)c1. The van der Waals surface area contributed by atoms with Gasteiger partial charge in [0.1, 0.15) is 17.9 Å². The number of hydrogen-bond acceptors (Lipinski definition) is 2. The van der Waals surface area contributed by atoms with Crippen molar-refractivity contribution < 1.29 is 14.0 Å². The molecule has 1 aromatic rings. The molecule has 0 radical (unpaired) electrons. The van der Waals surface area contributed by atoms with Crippen molar-refractivity contribution in [1.29, 1.82) is 0 Å². The Bertz CT molecular complexity index is 495. The van der Waals surface area contributed by atoms with Gasteiger partial charge < -0.3 is 5.32 Å². The molecule has 1 fully saturated rings. The molecule has 4 nitrogen and oxygen atoms in total. The Morgan fingerprint density at radius 1 is 1.22 bits per heavy atom. The Balaban J connectivity index is 2.46. The van der Waals surface area contributed by atoms with Crippen molar-refractivity contribution >= 4 is 17.5 Å². The highest BCUT2D eigenvalue weighted by Gasteiger charge is 2.36. The van der Waals surface area contributed by atoms with Crippen LogP contribution in [0.4, 0.5) is 10.1 Å². The van der Waals surface area contributed by atoms with Gasteiger partial charge in [-0.2, -0.15) is 0 Å². The predicted octanol–water partition coefficient (Wildman–Crippen LogP) is 1.37. The zero-order valence-electron chi connectivity index (χ0n) is 10.5. The molecule has 1 aliphatic rings. The highest BCUT2D eigenvalue weighted by Crippen LogP contribution is 2.23. The van der Waals surface area contributed by atoms with E-state index < -0.39 is 17.9 Å². The number of piperazine rings is 1. The highest BCUT2D eigenvalue weighted by atomic mass is 19.1. The van der Waals surface area contributed by atoms with Gasteiger partial charge in [-0.15, -0.1) is 0 Å². The second-order valence-electron chi connectivity index (χ2n) is 4.60. The number of halogens is 1. The van der Waals surface area contributed by atoms with Crippen LogP contribution in [0.1, 0.15) is 19.4 Å². The molecule has 1 saturated heterocycles. The molecule has 0 aliphatic carbocycles. The molecule has 1 aromatic carbocycles. The van der Waals surface area contributed by atoms with Crippen molar-refractivity contribution in [2.45, 2.75) is 32.9 Å². The Morgan fingerprint density at radius 3 is 2.50 bits per heavy atom. The molecular weight excluding hydrogens is 235 g/mol. The first-order valence-corrected chi connectivity index (χ1v) is 5.81. The van der Waals surface area contributed by atoms with Gasteiger partial charge in [-0.05, 0) is 44.5 Å². The average Bonchev–Trinajstić information content (AvgIpc) is 2.25. The number of carbonyl (C=O) groups excluding carboxylic acids is 2. The summed E-state index contributed by atoms with van der Waals surface area (Å²) in [7, 11) is 0. The molecule has 2 rings (SSSR count). The molecule has 1 aliphatic heterocycles. The second kappa shape index (κ2) is 4.40. The fraction of sp³-hybridized carbons (Fsp3) is 0.385. The van der Waals surface area contributed by atoms with Crippen LogP contribution in [-0.4, -0.2) is 23.9 Å². The standard InChI is InChI=1S/C13H15FN2O2/c1-7-4-10(14)6-11(5-7)16-9(3)12(17)15-8(2)13(16)18/h4-6,8-9H,1-3H3,(H,15,17). The molecule has 1 heterocycles. The molecule has 96 valence electrons. The van der Waals surface area contributed by atoms with E-state index in [1.54, 1.807) is 26.8 Å². The first kappa shape index (κ1) is 12.5. The van der Waals surface area contributed by atoms with Gasteiger partial charge in [0.2, 0.25) is 11.8 Å². The van der Waals surface area contributed by atoms with Crippen molar-refractivity contribution in [3.63, 3.8) is 0 Å². The van der Waals surface area contributed by atoms with Crippen LogP contribution in [0.15, 0.2) is 18.2 Å². The van der Waals surface area contributed by atoms with Crippen molar-refractivity contribution in [3.8, 4) is 0 Å². The first-order valence-electron chi connectivity index (χ1n) is 5.81. The van der Waals surface area contributed by atoms with Crippen LogP contribution < -0.4 is 10.2 Å². The number of rotatable bonds is 1. The zero-order chi connectivity index (χ0) is 13.4. The quantitative estimate of drug-likeness (QED) is 0.818. The van der Waals surface area contributed by atoms with E-state index in [1.165, 1.54) is 17.0 Å². The zero-order valence-corrected chi connectivity index (χ0v) is 10.5. The lowest BCUT2D eigenvalue weighted by molar-refractivity contribution is -0.133. The number of hydrogen-bond donors (Lipinski definition) is 1. The number of anilines is 1. The smallest absolute Gasteiger partial charge is 0.250 e. The Kier molecular flexibility index (Phi) is 3.07. The van der Waals surface area contributed by atoms with E-state index >= 15 is 0 Å². The molecule has 1 N–H and O–H groups in total. The molecule has 0 aromatic heterocycles. The lowest BCUT2D eigenvalue weighted by atomic mass is 10.1. The van der Waals surface area contributed by atoms with Gasteiger partial charge in [0.25, 0.3) is 0 Å². The third-order valence-corrected chi connectivity index (χ3v) is 3.04. The average molecular weight is 250 g/mol. The minimum atomic E-state index is -0.630. The summed E-state index contributed by atoms with van der Waals surface area (Å²) < 4.78 is 13.4. The van der Waals surface area contributed by atoms with Crippen LogP contribution >= 0.6 is 0 Å². The maximum Gasteiger partial charge on any atom is 0.250 e.